The molecule has 0 unspecified atom stereocenters. The molecule has 0 radical (unpaired) electrons. The van der Waals surface area contributed by atoms with Crippen LogP contribution in [-0.2, 0) is 9.53 Å². The predicted octanol–water partition coefficient (Wildman–Crippen LogP) is 1.42. The molecule has 0 aromatic carbocycles. The number of anilines is 1. The van der Waals surface area contributed by atoms with E-state index in [0.717, 1.165) is 44.7 Å². The van der Waals surface area contributed by atoms with Crippen molar-refractivity contribution in [2.45, 2.75) is 19.3 Å². The molecule has 0 atom stereocenters. The number of rotatable bonds is 2. The van der Waals surface area contributed by atoms with Crippen molar-refractivity contribution < 1.29 is 9.53 Å². The van der Waals surface area contributed by atoms with Gasteiger partial charge in [0.15, 0.2) is 0 Å². The number of amides is 1. The van der Waals surface area contributed by atoms with Gasteiger partial charge in [-0.3, -0.25) is 4.79 Å². The molecule has 2 saturated heterocycles. The van der Waals surface area contributed by atoms with Gasteiger partial charge in [0.05, 0.1) is 5.56 Å². The SMILES string of the molecule is N#Cc1cccnc1N1CCCN(C(=O)C2CCOCC2)CC1. The summed E-state index contributed by atoms with van der Waals surface area (Å²) in [4.78, 5) is 21.1. The largest absolute Gasteiger partial charge is 0.381 e. The Morgan fingerprint density at radius 1 is 1.26 bits per heavy atom. The molecule has 0 spiro atoms. The molecule has 2 fully saturated rings. The van der Waals surface area contributed by atoms with Gasteiger partial charge in [0, 0.05) is 51.5 Å². The van der Waals surface area contributed by atoms with Crippen molar-refractivity contribution in [1.82, 2.24) is 9.88 Å². The second-order valence-corrected chi connectivity index (χ2v) is 6.04. The van der Waals surface area contributed by atoms with E-state index < -0.39 is 0 Å². The zero-order chi connectivity index (χ0) is 16.1. The maximum absolute atomic E-state index is 12.7. The first-order valence-corrected chi connectivity index (χ1v) is 8.26. The molecule has 0 N–H and O–H groups in total. The van der Waals surface area contributed by atoms with Gasteiger partial charge >= 0.3 is 0 Å². The summed E-state index contributed by atoms with van der Waals surface area (Å²) in [6.45, 7) is 4.40. The van der Waals surface area contributed by atoms with Crippen LogP contribution < -0.4 is 4.90 Å². The third-order valence-corrected chi connectivity index (χ3v) is 4.58. The number of nitriles is 1. The van der Waals surface area contributed by atoms with Crippen molar-refractivity contribution in [3.63, 3.8) is 0 Å². The van der Waals surface area contributed by atoms with Crippen molar-refractivity contribution in [2.24, 2.45) is 5.92 Å². The van der Waals surface area contributed by atoms with Gasteiger partial charge in [-0.2, -0.15) is 5.26 Å². The van der Waals surface area contributed by atoms with Crippen molar-refractivity contribution in [3.05, 3.63) is 23.9 Å². The van der Waals surface area contributed by atoms with Gasteiger partial charge in [0.1, 0.15) is 11.9 Å². The average Bonchev–Trinajstić information content (AvgIpc) is 2.88. The average molecular weight is 314 g/mol. The molecule has 1 amide bonds. The van der Waals surface area contributed by atoms with Crippen molar-refractivity contribution >= 4 is 11.7 Å². The lowest BCUT2D eigenvalue weighted by Gasteiger charge is -2.28. The third-order valence-electron chi connectivity index (χ3n) is 4.58. The van der Waals surface area contributed by atoms with Crippen LogP contribution >= 0.6 is 0 Å². The van der Waals surface area contributed by atoms with Crippen LogP contribution in [-0.4, -0.2) is 55.2 Å². The number of hydrogen-bond donors (Lipinski definition) is 0. The van der Waals surface area contributed by atoms with E-state index in [1.165, 1.54) is 0 Å². The Bertz CT molecular complexity index is 593. The zero-order valence-electron chi connectivity index (χ0n) is 13.3. The van der Waals surface area contributed by atoms with Crippen LogP contribution in [0, 0.1) is 17.2 Å². The Morgan fingerprint density at radius 2 is 2.09 bits per heavy atom. The van der Waals surface area contributed by atoms with E-state index in [0.29, 0.717) is 25.3 Å². The van der Waals surface area contributed by atoms with Gasteiger partial charge in [-0.05, 0) is 31.4 Å². The minimum absolute atomic E-state index is 0.111. The van der Waals surface area contributed by atoms with E-state index >= 15 is 0 Å². The molecule has 3 heterocycles. The van der Waals surface area contributed by atoms with Gasteiger partial charge in [-0.15, -0.1) is 0 Å². The van der Waals surface area contributed by atoms with Crippen LogP contribution in [0.25, 0.3) is 0 Å². The zero-order valence-corrected chi connectivity index (χ0v) is 13.3. The highest BCUT2D eigenvalue weighted by Crippen LogP contribution is 2.21. The highest BCUT2D eigenvalue weighted by Gasteiger charge is 2.28. The topological polar surface area (TPSA) is 69.5 Å². The quantitative estimate of drug-likeness (QED) is 0.826. The first-order valence-electron chi connectivity index (χ1n) is 8.26. The highest BCUT2D eigenvalue weighted by molar-refractivity contribution is 5.79. The summed E-state index contributed by atoms with van der Waals surface area (Å²) in [5.74, 6) is 1.10. The number of hydrogen-bond acceptors (Lipinski definition) is 5. The summed E-state index contributed by atoms with van der Waals surface area (Å²) in [7, 11) is 0. The van der Waals surface area contributed by atoms with Crippen LogP contribution in [0.1, 0.15) is 24.8 Å². The second-order valence-electron chi connectivity index (χ2n) is 6.04. The van der Waals surface area contributed by atoms with Crippen molar-refractivity contribution in [1.29, 1.82) is 5.26 Å². The third kappa shape index (κ3) is 3.62. The van der Waals surface area contributed by atoms with Gasteiger partial charge < -0.3 is 14.5 Å². The molecule has 1 aromatic rings. The van der Waals surface area contributed by atoms with Gasteiger partial charge in [-0.25, -0.2) is 4.98 Å². The Hall–Kier alpha value is -2.13. The Labute approximate surface area is 136 Å². The lowest BCUT2D eigenvalue weighted by molar-refractivity contribution is -0.138. The van der Waals surface area contributed by atoms with Gasteiger partial charge in [0.25, 0.3) is 0 Å². The van der Waals surface area contributed by atoms with Crippen LogP contribution in [0.4, 0.5) is 5.82 Å². The lowest BCUT2D eigenvalue weighted by atomic mass is 9.98. The Balaban J connectivity index is 1.65. The molecule has 23 heavy (non-hydrogen) atoms. The summed E-state index contributed by atoms with van der Waals surface area (Å²) in [6, 6.07) is 5.77. The molecule has 122 valence electrons. The standard InChI is InChI=1S/C17H22N4O2/c18-13-15-3-1-6-19-16(15)20-7-2-8-21(10-9-20)17(22)14-4-11-23-12-5-14/h1,3,6,14H,2,4-5,7-12H2. The summed E-state index contributed by atoms with van der Waals surface area (Å²) in [6.07, 6.45) is 4.28. The molecule has 2 aliphatic rings. The van der Waals surface area contributed by atoms with E-state index in [-0.39, 0.29) is 11.8 Å². The minimum atomic E-state index is 0.111. The molecule has 3 rings (SSSR count). The van der Waals surface area contributed by atoms with Crippen LogP contribution in [0.2, 0.25) is 0 Å². The lowest BCUT2D eigenvalue weighted by Crippen LogP contribution is -2.40. The molecule has 2 aliphatic heterocycles. The van der Waals surface area contributed by atoms with Crippen molar-refractivity contribution in [3.8, 4) is 6.07 Å². The molecule has 1 aromatic heterocycles. The van der Waals surface area contributed by atoms with Crippen molar-refractivity contribution in [2.75, 3.05) is 44.3 Å². The summed E-state index contributed by atoms with van der Waals surface area (Å²) >= 11 is 0. The molecule has 0 bridgehead atoms. The Morgan fingerprint density at radius 3 is 2.87 bits per heavy atom. The summed E-state index contributed by atoms with van der Waals surface area (Å²) < 4.78 is 5.34. The number of pyridine rings is 1. The van der Waals surface area contributed by atoms with Gasteiger partial charge in [-0.1, -0.05) is 0 Å². The number of nitrogens with zero attached hydrogens (tertiary/aromatic N) is 4. The first-order chi connectivity index (χ1) is 11.3. The maximum atomic E-state index is 12.7. The normalized spacial score (nSPS) is 20.0. The number of carbonyl (C=O) groups excluding carboxylic acids is 1. The molecule has 0 aliphatic carbocycles. The monoisotopic (exact) mass is 314 g/mol. The molecule has 0 saturated carbocycles. The number of aromatic nitrogens is 1. The molecular weight excluding hydrogens is 292 g/mol. The van der Waals surface area contributed by atoms with Gasteiger partial charge in [0.2, 0.25) is 5.91 Å². The van der Waals surface area contributed by atoms with Crippen LogP contribution in [0.5, 0.6) is 0 Å². The highest BCUT2D eigenvalue weighted by atomic mass is 16.5. The summed E-state index contributed by atoms with van der Waals surface area (Å²) in [5.41, 5.74) is 0.594. The van der Waals surface area contributed by atoms with Crippen LogP contribution in [0.3, 0.4) is 0 Å². The van der Waals surface area contributed by atoms with E-state index in [1.807, 2.05) is 4.90 Å². The molecule has 6 nitrogen and oxygen atoms in total. The fraction of sp³-hybridized carbons (Fsp3) is 0.588. The van der Waals surface area contributed by atoms with E-state index in [2.05, 4.69) is 16.0 Å². The Kier molecular flexibility index (Phi) is 5.09. The van der Waals surface area contributed by atoms with E-state index in [1.54, 1.807) is 18.3 Å². The number of ether oxygens (including phenoxy) is 1. The molecular formula is C17H22N4O2. The second kappa shape index (κ2) is 7.42. The summed E-state index contributed by atoms with van der Waals surface area (Å²) in [5, 5.41) is 9.24. The maximum Gasteiger partial charge on any atom is 0.225 e. The molecule has 6 heteroatoms. The van der Waals surface area contributed by atoms with E-state index in [4.69, 9.17) is 4.74 Å². The number of carbonyl (C=O) groups is 1. The van der Waals surface area contributed by atoms with E-state index in [9.17, 15) is 10.1 Å². The fourth-order valence-electron chi connectivity index (χ4n) is 3.29. The van der Waals surface area contributed by atoms with Crippen LogP contribution in [0.15, 0.2) is 18.3 Å². The fourth-order valence-corrected chi connectivity index (χ4v) is 3.29. The predicted molar refractivity (Wildman–Crippen MR) is 85.9 cm³/mol. The smallest absolute Gasteiger partial charge is 0.225 e. The minimum Gasteiger partial charge on any atom is -0.381 e. The first kappa shape index (κ1) is 15.8.